The number of anilines is 1. The summed E-state index contributed by atoms with van der Waals surface area (Å²) in [4.78, 5) is 37.1. The van der Waals surface area contributed by atoms with Crippen LogP contribution in [0.25, 0.3) is 10.4 Å². The number of pyridine rings is 1. The maximum Gasteiger partial charge on any atom is 0.280 e. The number of amides is 2. The smallest absolute Gasteiger partial charge is 0.280 e. The number of likely N-dealkylation sites (tertiary alicyclic amines) is 1. The summed E-state index contributed by atoms with van der Waals surface area (Å²) in [5, 5.41) is 16.0. The van der Waals surface area contributed by atoms with Crippen LogP contribution in [0.3, 0.4) is 0 Å². The minimum Gasteiger partial charge on any atom is -0.391 e. The zero-order chi connectivity index (χ0) is 26.2. The van der Waals surface area contributed by atoms with Gasteiger partial charge in [0.25, 0.3) is 18.2 Å². The minimum atomic E-state index is -2.83. The first-order valence-corrected chi connectivity index (χ1v) is 13.1. The van der Waals surface area contributed by atoms with E-state index in [0.717, 1.165) is 30.6 Å². The fraction of sp³-hybridized carbons (Fsp3) is 0.600. The van der Waals surface area contributed by atoms with Gasteiger partial charge in [-0.3, -0.25) is 9.59 Å². The zero-order valence-electron chi connectivity index (χ0n) is 21.0. The van der Waals surface area contributed by atoms with Gasteiger partial charge >= 0.3 is 0 Å². The van der Waals surface area contributed by atoms with E-state index >= 15 is 0 Å². The number of hydrogen-bond acceptors (Lipinski definition) is 7. The summed E-state index contributed by atoms with van der Waals surface area (Å²) in [6.07, 6.45) is 1.57. The highest BCUT2D eigenvalue weighted by molar-refractivity contribution is 7.17. The Bertz CT molecular complexity index is 1130. The van der Waals surface area contributed by atoms with Crippen molar-refractivity contribution in [3.05, 3.63) is 28.5 Å². The summed E-state index contributed by atoms with van der Waals surface area (Å²) in [5.74, 6) is -0.623. The van der Waals surface area contributed by atoms with Gasteiger partial charge in [0.2, 0.25) is 0 Å². The molecule has 0 bridgehead atoms. The zero-order valence-corrected chi connectivity index (χ0v) is 21.8. The van der Waals surface area contributed by atoms with Gasteiger partial charge in [0, 0.05) is 35.4 Å². The maximum atomic E-state index is 14.2. The van der Waals surface area contributed by atoms with Crippen molar-refractivity contribution in [3.63, 3.8) is 0 Å². The number of nitrogens with one attached hydrogen (secondary N) is 2. The molecule has 1 aliphatic carbocycles. The second kappa shape index (κ2) is 10.4. The van der Waals surface area contributed by atoms with Crippen LogP contribution in [0, 0.1) is 0 Å². The van der Waals surface area contributed by atoms with E-state index < -0.39 is 24.5 Å². The lowest BCUT2D eigenvalue weighted by Gasteiger charge is -2.23. The Balaban J connectivity index is 1.76. The van der Waals surface area contributed by atoms with Crippen LogP contribution in [-0.2, 0) is 0 Å². The molecule has 196 valence electrons. The Labute approximate surface area is 213 Å². The summed E-state index contributed by atoms with van der Waals surface area (Å²) in [6, 6.07) is 0.874. The lowest BCUT2D eigenvalue weighted by atomic mass is 10.1. The number of aliphatic hydroxyl groups excluding tert-OH is 1. The highest BCUT2D eigenvalue weighted by atomic mass is 32.1. The Hall–Kier alpha value is -2.66. The largest absolute Gasteiger partial charge is 0.391 e. The molecule has 8 nitrogen and oxygen atoms in total. The number of thiazole rings is 1. The molecular weight excluding hydrogens is 488 g/mol. The van der Waals surface area contributed by atoms with Gasteiger partial charge in [-0.25, -0.2) is 18.7 Å². The molecule has 4 rings (SSSR count). The number of carbonyl (C=O) groups is 2. The lowest BCUT2D eigenvalue weighted by Crippen LogP contribution is -2.40. The van der Waals surface area contributed by atoms with Gasteiger partial charge < -0.3 is 20.6 Å². The molecule has 2 aromatic rings. The van der Waals surface area contributed by atoms with Crippen LogP contribution in [-0.4, -0.2) is 62.1 Å². The van der Waals surface area contributed by atoms with Gasteiger partial charge in [-0.1, -0.05) is 0 Å². The molecule has 1 saturated heterocycles. The van der Waals surface area contributed by atoms with E-state index in [9.17, 15) is 23.5 Å². The number of hydrogen-bond donors (Lipinski definition) is 3. The Morgan fingerprint density at radius 2 is 1.97 bits per heavy atom. The number of alkyl halides is 2. The third-order valence-corrected chi connectivity index (χ3v) is 7.64. The van der Waals surface area contributed by atoms with Crippen LogP contribution in [0.4, 0.5) is 14.6 Å². The molecular formula is C25H33F2N5O3S. The molecule has 11 heteroatoms. The van der Waals surface area contributed by atoms with E-state index in [1.807, 2.05) is 27.7 Å². The SMILES string of the molecule is C[C@H]1CCCN1C(=O)c1nc(C(=O)NC2CCC[C@@H]2O)sc1-c1cnc(NC(C)(C)C)cc1C(F)F. The van der Waals surface area contributed by atoms with Crippen LogP contribution >= 0.6 is 11.3 Å². The van der Waals surface area contributed by atoms with Crippen molar-refractivity contribution in [2.24, 2.45) is 0 Å². The standard InChI is InChI=1S/C25H33F2N5O3S/c1-13-7-6-10-32(13)24(35)19-20(36-23(30-19)22(34)29-16-8-5-9-17(16)33)15-12-28-18(31-25(2,3)4)11-14(15)21(26)27/h11-13,16-17,21,33H,5-10H2,1-4H3,(H,28,31)(H,29,34)/t13-,16?,17-/m0/s1. The van der Waals surface area contributed by atoms with E-state index in [-0.39, 0.29) is 44.2 Å². The van der Waals surface area contributed by atoms with Crippen molar-refractivity contribution in [1.82, 2.24) is 20.2 Å². The summed E-state index contributed by atoms with van der Waals surface area (Å²) in [6.45, 7) is 8.17. The van der Waals surface area contributed by atoms with Crippen LogP contribution in [0.1, 0.15) is 92.1 Å². The Kier molecular flexibility index (Phi) is 7.61. The molecule has 1 unspecified atom stereocenters. The quantitative estimate of drug-likeness (QED) is 0.512. The summed E-state index contributed by atoms with van der Waals surface area (Å²) in [5.41, 5.74) is -0.619. The first-order chi connectivity index (χ1) is 16.9. The monoisotopic (exact) mass is 521 g/mol. The maximum absolute atomic E-state index is 14.2. The topological polar surface area (TPSA) is 107 Å². The number of carbonyl (C=O) groups excluding carboxylic acids is 2. The molecule has 2 aromatic heterocycles. The van der Waals surface area contributed by atoms with Crippen LogP contribution in [0.2, 0.25) is 0 Å². The van der Waals surface area contributed by atoms with Crippen LogP contribution in [0.5, 0.6) is 0 Å². The van der Waals surface area contributed by atoms with Crippen molar-refractivity contribution in [2.75, 3.05) is 11.9 Å². The average Bonchev–Trinajstić information content (AvgIpc) is 3.52. The fourth-order valence-electron chi connectivity index (χ4n) is 4.75. The first-order valence-electron chi connectivity index (χ1n) is 12.3. The average molecular weight is 522 g/mol. The van der Waals surface area contributed by atoms with E-state index in [2.05, 4.69) is 20.6 Å². The molecule has 2 amide bonds. The second-order valence-electron chi connectivity index (χ2n) is 10.6. The first kappa shape index (κ1) is 26.4. The highest BCUT2D eigenvalue weighted by Gasteiger charge is 2.34. The predicted octanol–water partition coefficient (Wildman–Crippen LogP) is 4.62. The van der Waals surface area contributed by atoms with Gasteiger partial charge in [0.05, 0.1) is 17.0 Å². The second-order valence-corrected chi connectivity index (χ2v) is 11.6. The van der Waals surface area contributed by atoms with Crippen molar-refractivity contribution >= 4 is 29.0 Å². The minimum absolute atomic E-state index is 0.00332. The van der Waals surface area contributed by atoms with Gasteiger partial charge in [0.1, 0.15) is 11.5 Å². The van der Waals surface area contributed by atoms with Crippen molar-refractivity contribution in [3.8, 4) is 10.4 Å². The van der Waals surface area contributed by atoms with E-state index in [4.69, 9.17) is 0 Å². The molecule has 3 atom stereocenters. The summed E-state index contributed by atoms with van der Waals surface area (Å²) < 4.78 is 28.5. The van der Waals surface area contributed by atoms with Crippen LogP contribution in [0.15, 0.2) is 12.3 Å². The van der Waals surface area contributed by atoms with Crippen molar-refractivity contribution in [2.45, 2.75) is 90.0 Å². The third-order valence-electron chi connectivity index (χ3n) is 6.55. The normalized spacial score (nSPS) is 22.3. The summed E-state index contributed by atoms with van der Waals surface area (Å²) >= 11 is 0.898. The van der Waals surface area contributed by atoms with E-state index in [1.165, 1.54) is 12.3 Å². The number of rotatable bonds is 6. The Morgan fingerprint density at radius 1 is 1.22 bits per heavy atom. The Morgan fingerprint density at radius 3 is 2.56 bits per heavy atom. The molecule has 0 spiro atoms. The molecule has 1 saturated carbocycles. The molecule has 36 heavy (non-hydrogen) atoms. The van der Waals surface area contributed by atoms with Crippen molar-refractivity contribution < 1.29 is 23.5 Å². The molecule has 2 aliphatic rings. The van der Waals surface area contributed by atoms with Gasteiger partial charge in [0.15, 0.2) is 5.01 Å². The van der Waals surface area contributed by atoms with Crippen LogP contribution < -0.4 is 10.6 Å². The van der Waals surface area contributed by atoms with E-state index in [0.29, 0.717) is 25.2 Å². The molecule has 3 N–H and O–H groups in total. The van der Waals surface area contributed by atoms with Gasteiger partial charge in [-0.2, -0.15) is 0 Å². The number of aromatic nitrogens is 2. The van der Waals surface area contributed by atoms with Crippen molar-refractivity contribution in [1.29, 1.82) is 0 Å². The lowest BCUT2D eigenvalue weighted by molar-refractivity contribution is 0.0742. The highest BCUT2D eigenvalue weighted by Crippen LogP contribution is 2.39. The number of nitrogens with zero attached hydrogens (tertiary/aromatic N) is 3. The van der Waals surface area contributed by atoms with Gasteiger partial charge in [-0.15, -0.1) is 11.3 Å². The fourth-order valence-corrected chi connectivity index (χ4v) is 5.74. The molecule has 3 heterocycles. The predicted molar refractivity (Wildman–Crippen MR) is 135 cm³/mol. The number of halogens is 2. The summed E-state index contributed by atoms with van der Waals surface area (Å²) in [7, 11) is 0. The molecule has 0 aromatic carbocycles. The van der Waals surface area contributed by atoms with E-state index in [1.54, 1.807) is 4.90 Å². The molecule has 2 fully saturated rings. The molecule has 1 aliphatic heterocycles. The third kappa shape index (κ3) is 5.67. The number of aliphatic hydroxyl groups is 1. The molecule has 0 radical (unpaired) electrons. The van der Waals surface area contributed by atoms with Gasteiger partial charge in [-0.05, 0) is 65.9 Å².